The number of halogens is 2. The molecule has 1 heterocycles. The Morgan fingerprint density at radius 1 is 1.42 bits per heavy atom. The molecule has 0 radical (unpaired) electrons. The van der Waals surface area contributed by atoms with Crippen molar-refractivity contribution >= 4 is 38.9 Å². The van der Waals surface area contributed by atoms with Crippen LogP contribution in [0.3, 0.4) is 0 Å². The highest BCUT2D eigenvalue weighted by atomic mass is 35.5. The Balaban J connectivity index is 1.92. The quantitative estimate of drug-likeness (QED) is 0.735. The summed E-state index contributed by atoms with van der Waals surface area (Å²) in [5.41, 5.74) is 0.860. The van der Waals surface area contributed by atoms with Crippen LogP contribution in [0.5, 0.6) is 5.75 Å². The van der Waals surface area contributed by atoms with E-state index in [9.17, 15) is 13.2 Å². The Labute approximate surface area is 152 Å². The molecule has 1 aromatic carbocycles. The number of ether oxygens (including phenoxy) is 1. The Kier molecular flexibility index (Phi) is 6.36. The lowest BCUT2D eigenvalue weighted by Crippen LogP contribution is -2.44. The number of hydrogen-bond donors (Lipinski definition) is 1. The number of rotatable bonds is 6. The Hall–Kier alpha value is -1.02. The molecule has 134 valence electrons. The molecule has 1 amide bonds. The molecule has 24 heavy (non-hydrogen) atoms. The number of benzene rings is 1. The summed E-state index contributed by atoms with van der Waals surface area (Å²) in [7, 11) is 0.179. The maximum absolute atomic E-state index is 12.1. The first kappa shape index (κ1) is 19.3. The molecule has 1 fully saturated rings. The van der Waals surface area contributed by atoms with E-state index in [1.54, 1.807) is 37.3 Å². The number of methoxy groups -OCH3 is 1. The molecular formula is C15H20Cl2N2O4S. The van der Waals surface area contributed by atoms with Crippen LogP contribution >= 0.6 is 23.2 Å². The Morgan fingerprint density at radius 2 is 2.12 bits per heavy atom. The van der Waals surface area contributed by atoms with Crippen molar-refractivity contribution in [1.29, 1.82) is 0 Å². The fourth-order valence-electron chi connectivity index (χ4n) is 2.65. The van der Waals surface area contributed by atoms with Crippen LogP contribution in [0.1, 0.15) is 5.56 Å². The van der Waals surface area contributed by atoms with E-state index in [4.69, 9.17) is 27.9 Å². The number of nitrogens with one attached hydrogen (secondary N) is 1. The summed E-state index contributed by atoms with van der Waals surface area (Å²) < 4.78 is 28.3. The van der Waals surface area contributed by atoms with Crippen LogP contribution in [-0.4, -0.2) is 62.9 Å². The Morgan fingerprint density at radius 3 is 2.71 bits per heavy atom. The van der Waals surface area contributed by atoms with Crippen molar-refractivity contribution in [2.45, 2.75) is 18.0 Å². The molecule has 0 saturated carbocycles. The van der Waals surface area contributed by atoms with Crippen LogP contribution in [-0.2, 0) is 21.2 Å². The van der Waals surface area contributed by atoms with Gasteiger partial charge in [0.2, 0.25) is 5.91 Å². The summed E-state index contributed by atoms with van der Waals surface area (Å²) in [4.78, 5) is 13.9. The fraction of sp³-hybridized carbons (Fsp3) is 0.533. The zero-order chi connectivity index (χ0) is 17.9. The summed E-state index contributed by atoms with van der Waals surface area (Å²) in [6, 6.07) is 4.75. The van der Waals surface area contributed by atoms with E-state index in [-0.39, 0.29) is 24.0 Å². The lowest BCUT2D eigenvalue weighted by Gasteiger charge is -2.20. The second kappa shape index (κ2) is 7.91. The first-order chi connectivity index (χ1) is 11.2. The van der Waals surface area contributed by atoms with Crippen LogP contribution in [0.4, 0.5) is 0 Å². The van der Waals surface area contributed by atoms with E-state index >= 15 is 0 Å². The average Bonchev–Trinajstić information content (AvgIpc) is 2.71. The third kappa shape index (κ3) is 5.24. The van der Waals surface area contributed by atoms with Crippen molar-refractivity contribution in [3.8, 4) is 5.75 Å². The van der Waals surface area contributed by atoms with E-state index in [2.05, 4.69) is 5.32 Å². The van der Waals surface area contributed by atoms with Gasteiger partial charge in [-0.15, -0.1) is 11.6 Å². The number of carbonyl (C=O) groups excluding carboxylic acids is 1. The number of alkyl halides is 1. The number of nitrogens with zero attached hydrogens (tertiary/aromatic N) is 1. The molecule has 1 aliphatic heterocycles. The number of amides is 1. The molecule has 6 nitrogen and oxygen atoms in total. The van der Waals surface area contributed by atoms with E-state index < -0.39 is 21.3 Å². The van der Waals surface area contributed by atoms with Gasteiger partial charge in [-0.1, -0.05) is 11.6 Å². The lowest BCUT2D eigenvalue weighted by molar-refractivity contribution is -0.122. The van der Waals surface area contributed by atoms with Gasteiger partial charge in [0.05, 0.1) is 36.6 Å². The highest BCUT2D eigenvalue weighted by Gasteiger charge is 2.37. The van der Waals surface area contributed by atoms with Crippen molar-refractivity contribution in [2.75, 3.05) is 32.2 Å². The molecule has 1 aliphatic rings. The van der Waals surface area contributed by atoms with Gasteiger partial charge in [-0.2, -0.15) is 0 Å². The van der Waals surface area contributed by atoms with E-state index in [0.29, 0.717) is 17.3 Å². The molecule has 1 aromatic rings. The third-order valence-electron chi connectivity index (χ3n) is 3.73. The van der Waals surface area contributed by atoms with Gasteiger partial charge in [0, 0.05) is 17.1 Å². The van der Waals surface area contributed by atoms with Gasteiger partial charge in [0.15, 0.2) is 9.84 Å². The number of likely N-dealkylation sites (N-methyl/N-ethyl adjacent to an activating group) is 1. The van der Waals surface area contributed by atoms with Crippen molar-refractivity contribution in [1.82, 2.24) is 10.2 Å². The highest BCUT2D eigenvalue weighted by molar-refractivity contribution is 7.91. The maximum atomic E-state index is 12.1. The summed E-state index contributed by atoms with van der Waals surface area (Å²) in [5, 5.41) is 2.69. The molecular weight excluding hydrogens is 375 g/mol. The molecule has 0 aromatic heterocycles. The van der Waals surface area contributed by atoms with E-state index in [0.717, 1.165) is 5.56 Å². The summed E-state index contributed by atoms with van der Waals surface area (Å²) in [6.45, 7) is 0.570. The molecule has 2 rings (SSSR count). The second-order valence-electron chi connectivity index (χ2n) is 5.90. The SMILES string of the molecule is COc1ccc(Cl)cc1CN(C)CC(=O)N[C@@H]1CS(=O)(=O)C[C@@H]1Cl. The highest BCUT2D eigenvalue weighted by Crippen LogP contribution is 2.23. The fourth-order valence-corrected chi connectivity index (χ4v) is 5.40. The standard InChI is InChI=1S/C15H20Cl2N2O4S/c1-19(6-10-5-11(16)3-4-14(10)23-2)7-15(20)18-13-9-24(21,22)8-12(13)17/h3-5,12-13H,6-9H2,1-2H3,(H,18,20)/t12-,13+/m0/s1. The first-order valence-electron chi connectivity index (χ1n) is 7.35. The largest absolute Gasteiger partial charge is 0.496 e. The minimum absolute atomic E-state index is 0.102. The van der Waals surface area contributed by atoms with E-state index in [1.807, 2.05) is 0 Å². The zero-order valence-corrected chi connectivity index (χ0v) is 15.8. The maximum Gasteiger partial charge on any atom is 0.234 e. The molecule has 0 spiro atoms. The summed E-state index contributed by atoms with van der Waals surface area (Å²) in [5.74, 6) is 0.203. The molecule has 1 N–H and O–H groups in total. The van der Waals surface area contributed by atoms with Gasteiger partial charge in [0.1, 0.15) is 5.75 Å². The normalized spacial score (nSPS) is 22.5. The topological polar surface area (TPSA) is 75.7 Å². The number of hydrogen-bond acceptors (Lipinski definition) is 5. The first-order valence-corrected chi connectivity index (χ1v) is 9.98. The van der Waals surface area contributed by atoms with Gasteiger partial charge in [-0.3, -0.25) is 9.69 Å². The van der Waals surface area contributed by atoms with Crippen LogP contribution in [0, 0.1) is 0 Å². The molecule has 0 aliphatic carbocycles. The van der Waals surface area contributed by atoms with Crippen LogP contribution < -0.4 is 10.1 Å². The van der Waals surface area contributed by atoms with E-state index in [1.165, 1.54) is 0 Å². The van der Waals surface area contributed by atoms with Crippen molar-refractivity contribution in [2.24, 2.45) is 0 Å². The monoisotopic (exact) mass is 394 g/mol. The molecule has 2 atom stereocenters. The molecule has 9 heteroatoms. The second-order valence-corrected chi connectivity index (χ2v) is 9.05. The average molecular weight is 395 g/mol. The minimum Gasteiger partial charge on any atom is -0.496 e. The van der Waals surface area contributed by atoms with Crippen molar-refractivity contribution < 1.29 is 17.9 Å². The molecule has 0 unspecified atom stereocenters. The predicted octanol–water partition coefficient (Wildman–Crippen LogP) is 1.30. The van der Waals surface area contributed by atoms with Gasteiger partial charge in [-0.25, -0.2) is 8.42 Å². The number of sulfone groups is 1. The van der Waals surface area contributed by atoms with Crippen molar-refractivity contribution in [3.63, 3.8) is 0 Å². The summed E-state index contributed by atoms with van der Waals surface area (Å²) >= 11 is 12.0. The predicted molar refractivity (Wildman–Crippen MR) is 94.6 cm³/mol. The molecule has 0 bridgehead atoms. The minimum atomic E-state index is -3.17. The van der Waals surface area contributed by atoms with Gasteiger partial charge in [-0.05, 0) is 25.2 Å². The van der Waals surface area contributed by atoms with Gasteiger partial charge >= 0.3 is 0 Å². The van der Waals surface area contributed by atoms with Crippen molar-refractivity contribution in [3.05, 3.63) is 28.8 Å². The van der Waals surface area contributed by atoms with Crippen LogP contribution in [0.25, 0.3) is 0 Å². The summed E-state index contributed by atoms with van der Waals surface area (Å²) in [6.07, 6.45) is 0. The molecule has 1 saturated heterocycles. The number of carbonyl (C=O) groups is 1. The zero-order valence-electron chi connectivity index (χ0n) is 13.5. The smallest absolute Gasteiger partial charge is 0.234 e. The van der Waals surface area contributed by atoms with Crippen LogP contribution in [0.15, 0.2) is 18.2 Å². The van der Waals surface area contributed by atoms with Crippen LogP contribution in [0.2, 0.25) is 5.02 Å². The van der Waals surface area contributed by atoms with Gasteiger partial charge in [0.25, 0.3) is 0 Å². The van der Waals surface area contributed by atoms with Gasteiger partial charge < -0.3 is 10.1 Å². The third-order valence-corrected chi connectivity index (χ3v) is 6.34. The lowest BCUT2D eigenvalue weighted by atomic mass is 10.2. The Bertz CT molecular complexity index is 711.